The van der Waals surface area contributed by atoms with E-state index in [2.05, 4.69) is 0 Å². The van der Waals surface area contributed by atoms with Crippen LogP contribution in [0.25, 0.3) is 0 Å². The number of rotatable bonds is 0. The van der Waals surface area contributed by atoms with Crippen LogP contribution in [-0.2, 0) is 14.6 Å². The van der Waals surface area contributed by atoms with Gasteiger partial charge in [-0.15, -0.1) is 0 Å². The standard InChI is InChI=1S/C7H8O3S/c8-11(9)5-10-6-3-1-2-4-7(6)11/h3-4H,1-2,5H2. The highest BCUT2D eigenvalue weighted by atomic mass is 32.2. The second-order valence-corrected chi connectivity index (χ2v) is 4.50. The van der Waals surface area contributed by atoms with Crippen molar-refractivity contribution in [2.75, 3.05) is 5.94 Å². The summed E-state index contributed by atoms with van der Waals surface area (Å²) in [5.74, 6) is 0.376. The molecule has 0 aromatic carbocycles. The molecule has 1 fully saturated rings. The lowest BCUT2D eigenvalue weighted by atomic mass is 10.2. The molecule has 0 saturated carbocycles. The molecule has 1 aliphatic carbocycles. The Morgan fingerprint density at radius 3 is 2.73 bits per heavy atom. The number of hydrogen-bond acceptors (Lipinski definition) is 3. The van der Waals surface area contributed by atoms with Crippen LogP contribution in [0.3, 0.4) is 0 Å². The first-order valence-electron chi connectivity index (χ1n) is 3.46. The molecule has 60 valence electrons. The van der Waals surface area contributed by atoms with Gasteiger partial charge >= 0.3 is 0 Å². The van der Waals surface area contributed by atoms with Gasteiger partial charge in [0.2, 0.25) is 9.84 Å². The van der Waals surface area contributed by atoms with E-state index in [1.165, 1.54) is 0 Å². The largest absolute Gasteiger partial charge is 0.476 e. The Bertz CT molecular complexity index is 335. The van der Waals surface area contributed by atoms with Crippen molar-refractivity contribution in [3.05, 3.63) is 22.8 Å². The van der Waals surface area contributed by atoms with Crippen molar-refractivity contribution in [1.82, 2.24) is 0 Å². The quantitative estimate of drug-likeness (QED) is 0.546. The molecular weight excluding hydrogens is 164 g/mol. The molecule has 4 heteroatoms. The third kappa shape index (κ3) is 0.976. The van der Waals surface area contributed by atoms with E-state index in [0.717, 1.165) is 12.8 Å². The van der Waals surface area contributed by atoms with E-state index in [1.54, 1.807) is 6.08 Å². The molecule has 0 spiro atoms. The van der Waals surface area contributed by atoms with Crippen LogP contribution in [0, 0.1) is 0 Å². The van der Waals surface area contributed by atoms with Gasteiger partial charge in [0.1, 0.15) is 10.7 Å². The van der Waals surface area contributed by atoms with E-state index in [4.69, 9.17) is 4.74 Å². The van der Waals surface area contributed by atoms with Gasteiger partial charge < -0.3 is 4.74 Å². The van der Waals surface area contributed by atoms with Crippen molar-refractivity contribution < 1.29 is 13.2 Å². The van der Waals surface area contributed by atoms with Gasteiger partial charge in [-0.3, -0.25) is 0 Å². The van der Waals surface area contributed by atoms with Crippen molar-refractivity contribution >= 4 is 9.84 Å². The first kappa shape index (κ1) is 6.91. The molecule has 0 aromatic heterocycles. The van der Waals surface area contributed by atoms with E-state index in [1.807, 2.05) is 6.08 Å². The molecule has 1 saturated heterocycles. The fourth-order valence-electron chi connectivity index (χ4n) is 1.24. The second kappa shape index (κ2) is 2.11. The number of hydrogen-bond donors (Lipinski definition) is 0. The average molecular weight is 172 g/mol. The van der Waals surface area contributed by atoms with Gasteiger partial charge in [0.15, 0.2) is 5.94 Å². The monoisotopic (exact) mass is 172 g/mol. The van der Waals surface area contributed by atoms with Crippen LogP contribution in [-0.4, -0.2) is 14.4 Å². The molecule has 2 aliphatic rings. The van der Waals surface area contributed by atoms with Crippen molar-refractivity contribution in [3.8, 4) is 0 Å². The van der Waals surface area contributed by atoms with Crippen LogP contribution in [0.1, 0.15) is 12.8 Å². The zero-order chi connectivity index (χ0) is 7.90. The van der Waals surface area contributed by atoms with Crippen LogP contribution >= 0.6 is 0 Å². The molecule has 2 rings (SSSR count). The van der Waals surface area contributed by atoms with Gasteiger partial charge in [0, 0.05) is 0 Å². The first-order valence-corrected chi connectivity index (χ1v) is 5.12. The Labute approximate surface area is 65.3 Å². The molecule has 1 aliphatic heterocycles. The van der Waals surface area contributed by atoms with Gasteiger partial charge in [-0.05, 0) is 18.9 Å². The van der Waals surface area contributed by atoms with Crippen LogP contribution in [0.4, 0.5) is 0 Å². The summed E-state index contributed by atoms with van der Waals surface area (Å²) in [5.41, 5.74) is 0. The molecular formula is C7H8O3S. The Balaban J connectivity index is 2.54. The van der Waals surface area contributed by atoms with E-state index in [9.17, 15) is 8.42 Å². The predicted molar refractivity (Wildman–Crippen MR) is 40.3 cm³/mol. The van der Waals surface area contributed by atoms with Crippen molar-refractivity contribution in [1.29, 1.82) is 0 Å². The number of sulfone groups is 1. The first-order chi connectivity index (χ1) is 5.20. The SMILES string of the molecule is O=S1(=O)COC2=CCCC=C21. The smallest absolute Gasteiger partial charge is 0.216 e. The molecule has 0 N–H and O–H groups in total. The highest BCUT2D eigenvalue weighted by Crippen LogP contribution is 2.31. The lowest BCUT2D eigenvalue weighted by molar-refractivity contribution is 0.289. The Morgan fingerprint density at radius 2 is 2.00 bits per heavy atom. The lowest BCUT2D eigenvalue weighted by Crippen LogP contribution is -2.00. The molecule has 0 radical (unpaired) electrons. The van der Waals surface area contributed by atoms with Crippen molar-refractivity contribution in [2.24, 2.45) is 0 Å². The van der Waals surface area contributed by atoms with Crippen LogP contribution in [0.15, 0.2) is 22.8 Å². The summed E-state index contributed by atoms with van der Waals surface area (Å²) in [7, 11) is -3.08. The zero-order valence-electron chi connectivity index (χ0n) is 5.91. The summed E-state index contributed by atoms with van der Waals surface area (Å²) in [6.07, 6.45) is 5.26. The van der Waals surface area contributed by atoms with Gasteiger partial charge in [-0.25, -0.2) is 8.42 Å². The molecule has 11 heavy (non-hydrogen) atoms. The lowest BCUT2D eigenvalue weighted by Gasteiger charge is -2.02. The fraction of sp³-hybridized carbons (Fsp3) is 0.429. The van der Waals surface area contributed by atoms with Crippen LogP contribution in [0.2, 0.25) is 0 Å². The summed E-state index contributed by atoms with van der Waals surface area (Å²) in [6.45, 7) is 0. The van der Waals surface area contributed by atoms with E-state index in [-0.39, 0.29) is 5.94 Å². The molecule has 0 aromatic rings. The molecule has 0 unspecified atom stereocenters. The highest BCUT2D eigenvalue weighted by molar-refractivity contribution is 7.95. The summed E-state index contributed by atoms with van der Waals surface area (Å²) in [4.78, 5) is 0.392. The van der Waals surface area contributed by atoms with E-state index in [0.29, 0.717) is 10.7 Å². The topological polar surface area (TPSA) is 43.4 Å². The summed E-state index contributed by atoms with van der Waals surface area (Å²) < 4.78 is 27.3. The zero-order valence-corrected chi connectivity index (χ0v) is 6.73. The summed E-state index contributed by atoms with van der Waals surface area (Å²) >= 11 is 0. The maximum Gasteiger partial charge on any atom is 0.216 e. The van der Waals surface area contributed by atoms with Crippen LogP contribution in [0.5, 0.6) is 0 Å². The Kier molecular flexibility index (Phi) is 1.32. The third-order valence-corrected chi connectivity index (χ3v) is 3.24. The maximum atomic E-state index is 11.2. The fourth-order valence-corrected chi connectivity index (χ4v) is 2.47. The normalized spacial score (nSPS) is 26.5. The van der Waals surface area contributed by atoms with E-state index < -0.39 is 9.84 Å². The van der Waals surface area contributed by atoms with Crippen LogP contribution < -0.4 is 0 Å². The van der Waals surface area contributed by atoms with Crippen molar-refractivity contribution in [2.45, 2.75) is 12.8 Å². The molecule has 0 amide bonds. The minimum Gasteiger partial charge on any atom is -0.476 e. The van der Waals surface area contributed by atoms with Gasteiger partial charge in [0.25, 0.3) is 0 Å². The number of fused-ring (bicyclic) bond motifs is 1. The van der Waals surface area contributed by atoms with Gasteiger partial charge in [0.05, 0.1) is 0 Å². The number of ether oxygens (including phenoxy) is 1. The minimum atomic E-state index is -3.08. The summed E-state index contributed by atoms with van der Waals surface area (Å²) in [5, 5.41) is 0. The Hall–Kier alpha value is -0.770. The molecule has 1 heterocycles. The second-order valence-electron chi connectivity index (χ2n) is 2.59. The summed E-state index contributed by atoms with van der Waals surface area (Å²) in [6, 6.07) is 0. The minimum absolute atomic E-state index is 0.176. The Morgan fingerprint density at radius 1 is 1.27 bits per heavy atom. The third-order valence-electron chi connectivity index (χ3n) is 1.77. The van der Waals surface area contributed by atoms with Crippen molar-refractivity contribution in [3.63, 3.8) is 0 Å². The maximum absolute atomic E-state index is 11.2. The van der Waals surface area contributed by atoms with E-state index >= 15 is 0 Å². The molecule has 0 bridgehead atoms. The van der Waals surface area contributed by atoms with Gasteiger partial charge in [-0.2, -0.15) is 0 Å². The van der Waals surface area contributed by atoms with Gasteiger partial charge in [-0.1, -0.05) is 6.08 Å². The predicted octanol–water partition coefficient (Wildman–Crippen LogP) is 0.951. The average Bonchev–Trinajstić information content (AvgIpc) is 2.29. The molecule has 0 atom stereocenters. The number of allylic oxidation sites excluding steroid dienone is 2. The molecule has 3 nitrogen and oxygen atoms in total. The highest BCUT2D eigenvalue weighted by Gasteiger charge is 2.31.